The molecule has 2 unspecified atom stereocenters. The Morgan fingerprint density at radius 3 is 2.86 bits per heavy atom. The zero-order chi connectivity index (χ0) is 15.3. The first-order valence-corrected chi connectivity index (χ1v) is 8.82. The predicted molar refractivity (Wildman–Crippen MR) is 89.4 cm³/mol. The molecule has 1 aliphatic carbocycles. The lowest BCUT2D eigenvalue weighted by Crippen LogP contribution is -2.46. The zero-order valence-electron chi connectivity index (χ0n) is 14.4. The maximum atomic E-state index is 4.60. The molecule has 2 rings (SSSR count). The molecule has 1 N–H and O–H groups in total. The second-order valence-corrected chi connectivity index (χ2v) is 7.24. The van der Waals surface area contributed by atoms with Crippen LogP contribution >= 0.6 is 0 Å². The van der Waals surface area contributed by atoms with Crippen molar-refractivity contribution in [1.82, 2.24) is 14.9 Å². The third kappa shape index (κ3) is 4.09. The second kappa shape index (κ2) is 7.44. The summed E-state index contributed by atoms with van der Waals surface area (Å²) in [6, 6.07) is 0.563. The summed E-state index contributed by atoms with van der Waals surface area (Å²) in [5.74, 6) is 2.01. The van der Waals surface area contributed by atoms with Gasteiger partial charge in [-0.1, -0.05) is 33.6 Å². The Morgan fingerprint density at radius 1 is 1.38 bits per heavy atom. The molecule has 1 saturated carbocycles. The van der Waals surface area contributed by atoms with Crippen LogP contribution in [0.3, 0.4) is 0 Å². The molecule has 0 aliphatic heterocycles. The zero-order valence-corrected chi connectivity index (χ0v) is 14.4. The maximum absolute atomic E-state index is 4.60. The monoisotopic (exact) mass is 291 g/mol. The number of aromatic nitrogens is 2. The van der Waals surface area contributed by atoms with E-state index in [1.807, 2.05) is 6.20 Å². The van der Waals surface area contributed by atoms with Crippen LogP contribution in [-0.2, 0) is 13.0 Å². The van der Waals surface area contributed by atoms with Gasteiger partial charge in [-0.2, -0.15) is 0 Å². The quantitative estimate of drug-likeness (QED) is 0.822. The minimum atomic E-state index is 0.452. The van der Waals surface area contributed by atoms with Gasteiger partial charge in [0.15, 0.2) is 0 Å². The molecule has 0 spiro atoms. The third-order valence-electron chi connectivity index (χ3n) is 5.28. The summed E-state index contributed by atoms with van der Waals surface area (Å²) < 4.78 is 2.29. The fraction of sp³-hybridized carbons (Fsp3) is 0.833. The number of hydrogen-bond donors (Lipinski definition) is 1. The van der Waals surface area contributed by atoms with Crippen LogP contribution in [0.15, 0.2) is 12.4 Å². The van der Waals surface area contributed by atoms with Crippen molar-refractivity contribution < 1.29 is 0 Å². The summed E-state index contributed by atoms with van der Waals surface area (Å²) in [6.45, 7) is 11.5. The van der Waals surface area contributed by atoms with E-state index >= 15 is 0 Å². The molecule has 3 nitrogen and oxygen atoms in total. The topological polar surface area (TPSA) is 29.9 Å². The highest BCUT2D eigenvalue weighted by Gasteiger charge is 2.37. The molecular formula is C18H33N3. The number of hydrogen-bond acceptors (Lipinski definition) is 2. The number of aryl methyl sites for hydroxylation is 1. The SMILES string of the molecule is CCCNC(Cc1nccn1CC)C1CCCCC1(C)C. The van der Waals surface area contributed by atoms with Crippen molar-refractivity contribution in [2.24, 2.45) is 11.3 Å². The van der Waals surface area contributed by atoms with Gasteiger partial charge in [0.05, 0.1) is 0 Å². The molecule has 1 aromatic rings. The predicted octanol–water partition coefficient (Wildman–Crippen LogP) is 4.03. The van der Waals surface area contributed by atoms with E-state index < -0.39 is 0 Å². The minimum absolute atomic E-state index is 0.452. The molecule has 0 bridgehead atoms. The van der Waals surface area contributed by atoms with Gasteiger partial charge >= 0.3 is 0 Å². The van der Waals surface area contributed by atoms with Crippen LogP contribution in [0.5, 0.6) is 0 Å². The number of nitrogens with one attached hydrogen (secondary N) is 1. The maximum Gasteiger partial charge on any atom is 0.110 e. The van der Waals surface area contributed by atoms with Crippen LogP contribution in [-0.4, -0.2) is 22.1 Å². The largest absolute Gasteiger partial charge is 0.335 e. The Morgan fingerprint density at radius 2 is 2.19 bits per heavy atom. The van der Waals surface area contributed by atoms with Crippen LogP contribution in [0.25, 0.3) is 0 Å². The van der Waals surface area contributed by atoms with Crippen LogP contribution < -0.4 is 5.32 Å². The van der Waals surface area contributed by atoms with Crippen LogP contribution in [0.1, 0.15) is 65.6 Å². The summed E-state index contributed by atoms with van der Waals surface area (Å²) in [5.41, 5.74) is 0.452. The van der Waals surface area contributed by atoms with E-state index in [2.05, 4.69) is 48.8 Å². The summed E-state index contributed by atoms with van der Waals surface area (Å²) >= 11 is 0. The summed E-state index contributed by atoms with van der Waals surface area (Å²) in [5, 5.41) is 3.83. The summed E-state index contributed by atoms with van der Waals surface area (Å²) in [7, 11) is 0. The summed E-state index contributed by atoms with van der Waals surface area (Å²) in [6.07, 6.45) is 11.8. The van der Waals surface area contributed by atoms with Gasteiger partial charge in [0.1, 0.15) is 5.82 Å². The van der Waals surface area contributed by atoms with Gasteiger partial charge in [-0.25, -0.2) is 4.98 Å². The number of imidazole rings is 1. The van der Waals surface area contributed by atoms with Crippen molar-refractivity contribution in [3.8, 4) is 0 Å². The van der Waals surface area contributed by atoms with Crippen molar-refractivity contribution in [1.29, 1.82) is 0 Å². The molecule has 120 valence electrons. The molecule has 1 heterocycles. The van der Waals surface area contributed by atoms with Crippen LogP contribution in [0.2, 0.25) is 0 Å². The van der Waals surface area contributed by atoms with E-state index in [-0.39, 0.29) is 0 Å². The molecule has 1 aromatic heterocycles. The highest BCUT2D eigenvalue weighted by molar-refractivity contribution is 5.00. The molecule has 1 fully saturated rings. The molecular weight excluding hydrogens is 258 g/mol. The van der Waals surface area contributed by atoms with Crippen LogP contribution in [0, 0.1) is 11.3 Å². The lowest BCUT2D eigenvalue weighted by atomic mass is 9.65. The van der Waals surface area contributed by atoms with Gasteiger partial charge in [0, 0.05) is 31.4 Å². The van der Waals surface area contributed by atoms with E-state index in [1.54, 1.807) is 0 Å². The van der Waals surface area contributed by atoms with Gasteiger partial charge in [-0.15, -0.1) is 0 Å². The Bertz CT molecular complexity index is 422. The standard InChI is InChI=1S/C18H33N3/c1-5-11-19-16(14-17-20-12-13-21(17)6-2)15-9-7-8-10-18(15,3)4/h12-13,15-16,19H,5-11,14H2,1-4H3. The first-order chi connectivity index (χ1) is 10.1. The highest BCUT2D eigenvalue weighted by Crippen LogP contribution is 2.42. The van der Waals surface area contributed by atoms with Gasteiger partial charge in [0.25, 0.3) is 0 Å². The Labute approximate surface area is 130 Å². The van der Waals surface area contributed by atoms with E-state index in [4.69, 9.17) is 0 Å². The van der Waals surface area contributed by atoms with Crippen molar-refractivity contribution in [3.05, 3.63) is 18.2 Å². The Kier molecular flexibility index (Phi) is 5.86. The van der Waals surface area contributed by atoms with Crippen molar-refractivity contribution in [3.63, 3.8) is 0 Å². The van der Waals surface area contributed by atoms with Crippen molar-refractivity contribution >= 4 is 0 Å². The number of rotatable bonds is 7. The second-order valence-electron chi connectivity index (χ2n) is 7.24. The molecule has 0 amide bonds. The fourth-order valence-electron chi connectivity index (χ4n) is 3.97. The minimum Gasteiger partial charge on any atom is -0.335 e. The molecule has 0 aromatic carbocycles. The van der Waals surface area contributed by atoms with E-state index in [9.17, 15) is 0 Å². The molecule has 21 heavy (non-hydrogen) atoms. The molecule has 0 radical (unpaired) electrons. The molecule has 2 atom stereocenters. The summed E-state index contributed by atoms with van der Waals surface area (Å²) in [4.78, 5) is 4.60. The van der Waals surface area contributed by atoms with E-state index in [1.165, 1.54) is 37.9 Å². The van der Waals surface area contributed by atoms with Gasteiger partial charge in [-0.3, -0.25) is 0 Å². The number of nitrogens with zero attached hydrogens (tertiary/aromatic N) is 2. The average Bonchev–Trinajstić information content (AvgIpc) is 2.90. The highest BCUT2D eigenvalue weighted by atomic mass is 15.1. The Hall–Kier alpha value is -0.830. The van der Waals surface area contributed by atoms with Gasteiger partial charge in [0.2, 0.25) is 0 Å². The first-order valence-electron chi connectivity index (χ1n) is 8.82. The van der Waals surface area contributed by atoms with E-state index in [0.29, 0.717) is 11.5 Å². The lowest BCUT2D eigenvalue weighted by Gasteiger charge is -2.43. The average molecular weight is 291 g/mol. The van der Waals surface area contributed by atoms with Crippen LogP contribution in [0.4, 0.5) is 0 Å². The van der Waals surface area contributed by atoms with Gasteiger partial charge < -0.3 is 9.88 Å². The van der Waals surface area contributed by atoms with Crippen molar-refractivity contribution in [2.75, 3.05) is 6.54 Å². The smallest absolute Gasteiger partial charge is 0.110 e. The molecule has 0 saturated heterocycles. The molecule has 3 heteroatoms. The van der Waals surface area contributed by atoms with E-state index in [0.717, 1.165) is 25.4 Å². The van der Waals surface area contributed by atoms with Gasteiger partial charge in [-0.05, 0) is 44.1 Å². The Balaban J connectivity index is 2.13. The lowest BCUT2D eigenvalue weighted by molar-refractivity contribution is 0.0970. The third-order valence-corrected chi connectivity index (χ3v) is 5.28. The molecule has 1 aliphatic rings. The normalized spacial score (nSPS) is 23.1. The first kappa shape index (κ1) is 16.5. The van der Waals surface area contributed by atoms with Crippen molar-refractivity contribution in [2.45, 2.75) is 78.8 Å². The fourth-order valence-corrected chi connectivity index (χ4v) is 3.97.